The molecule has 0 bridgehead atoms. The molecule has 1 atom stereocenters. The number of benzene rings is 1. The van der Waals surface area contributed by atoms with E-state index in [4.69, 9.17) is 4.55 Å². The number of rotatable bonds is 1. The minimum absolute atomic E-state index is 0.0185. The van der Waals surface area contributed by atoms with E-state index in [0.717, 1.165) is 0 Å². The van der Waals surface area contributed by atoms with Gasteiger partial charge in [-0.25, -0.2) is 0 Å². The Morgan fingerprint density at radius 1 is 1.42 bits per heavy atom. The van der Waals surface area contributed by atoms with Crippen molar-refractivity contribution in [2.45, 2.75) is 11.8 Å². The second kappa shape index (κ2) is 3.13. The summed E-state index contributed by atoms with van der Waals surface area (Å²) >= 11 is 0. The standard InChI is InChI=1S/C7H9O3PS/c1-5-3-2-4-6(11)7(5)12(8,9)10/h2-4H,11H2,1H3,(H,8,9,10). The molecular formula is C7H9O3PS. The highest BCUT2D eigenvalue weighted by atomic mass is 32.2. The van der Waals surface area contributed by atoms with Crippen LogP contribution in [0.4, 0.5) is 0 Å². The van der Waals surface area contributed by atoms with Gasteiger partial charge in [0.25, 0.3) is 10.1 Å². The van der Waals surface area contributed by atoms with Crippen molar-refractivity contribution in [3.63, 3.8) is 0 Å². The third-order valence-corrected chi connectivity index (χ3v) is 3.26. The largest absolute Gasteiger partial charge is 0.295 e. The second-order valence-corrected chi connectivity index (χ2v) is 4.45. The molecule has 0 aliphatic carbocycles. The van der Waals surface area contributed by atoms with E-state index in [2.05, 4.69) is 9.24 Å². The molecule has 66 valence electrons. The molecule has 0 heterocycles. The molecule has 0 radical (unpaired) electrons. The van der Waals surface area contributed by atoms with Gasteiger partial charge in [-0.2, -0.15) is 8.42 Å². The SMILES string of the molecule is Cc1cccc(P)c1S(=O)(=O)O. The summed E-state index contributed by atoms with van der Waals surface area (Å²) in [5, 5.41) is 0.484. The molecule has 1 rings (SSSR count). The maximum Gasteiger partial charge on any atom is 0.295 e. The van der Waals surface area contributed by atoms with Gasteiger partial charge < -0.3 is 0 Å². The molecule has 0 spiro atoms. The molecule has 1 unspecified atom stereocenters. The fraction of sp³-hybridized carbons (Fsp3) is 0.143. The van der Waals surface area contributed by atoms with Gasteiger partial charge in [0.2, 0.25) is 0 Å². The van der Waals surface area contributed by atoms with Crippen LogP contribution in [0.5, 0.6) is 0 Å². The van der Waals surface area contributed by atoms with Gasteiger partial charge in [-0.1, -0.05) is 18.2 Å². The first-order valence-corrected chi connectivity index (χ1v) is 5.27. The molecule has 0 aromatic heterocycles. The van der Waals surface area contributed by atoms with E-state index in [0.29, 0.717) is 10.9 Å². The van der Waals surface area contributed by atoms with Crippen LogP contribution in [0, 0.1) is 6.92 Å². The topological polar surface area (TPSA) is 54.4 Å². The average molecular weight is 204 g/mol. The molecule has 12 heavy (non-hydrogen) atoms. The molecule has 0 saturated heterocycles. The summed E-state index contributed by atoms with van der Waals surface area (Å²) in [6, 6.07) is 4.98. The lowest BCUT2D eigenvalue weighted by Gasteiger charge is -2.04. The van der Waals surface area contributed by atoms with Gasteiger partial charge in [-0.15, -0.1) is 9.24 Å². The van der Waals surface area contributed by atoms with Crippen LogP contribution >= 0.6 is 9.24 Å². The Balaban J connectivity index is 3.53. The van der Waals surface area contributed by atoms with E-state index in [9.17, 15) is 8.42 Å². The van der Waals surface area contributed by atoms with E-state index in [1.165, 1.54) is 0 Å². The van der Waals surface area contributed by atoms with Gasteiger partial charge in [-0.3, -0.25) is 4.55 Å². The van der Waals surface area contributed by atoms with Crippen molar-refractivity contribution in [1.29, 1.82) is 0 Å². The molecule has 0 amide bonds. The van der Waals surface area contributed by atoms with Gasteiger partial charge in [0.05, 0.1) is 0 Å². The van der Waals surface area contributed by atoms with E-state index in [1.807, 2.05) is 0 Å². The summed E-state index contributed by atoms with van der Waals surface area (Å²) in [6.45, 7) is 1.64. The Kier molecular flexibility index (Phi) is 2.52. The first-order chi connectivity index (χ1) is 5.43. The highest BCUT2D eigenvalue weighted by Crippen LogP contribution is 2.13. The smallest absolute Gasteiger partial charge is 0.282 e. The molecule has 0 saturated carbocycles. The molecule has 0 aliphatic rings. The average Bonchev–Trinajstić information content (AvgIpc) is 1.82. The molecule has 1 aromatic rings. The molecule has 1 N–H and O–H groups in total. The number of hydrogen-bond donors (Lipinski definition) is 1. The zero-order chi connectivity index (χ0) is 9.35. The van der Waals surface area contributed by atoms with E-state index < -0.39 is 10.1 Å². The van der Waals surface area contributed by atoms with Crippen LogP contribution in [-0.4, -0.2) is 13.0 Å². The molecule has 1 aromatic carbocycles. The predicted octanol–water partition coefficient (Wildman–Crippen LogP) is 0.742. The summed E-state index contributed by atoms with van der Waals surface area (Å²) in [5.74, 6) is 0. The molecule has 5 heteroatoms. The Morgan fingerprint density at radius 2 is 2.00 bits per heavy atom. The van der Waals surface area contributed by atoms with Crippen LogP contribution < -0.4 is 5.30 Å². The van der Waals surface area contributed by atoms with Gasteiger partial charge in [-0.05, 0) is 17.8 Å². The van der Waals surface area contributed by atoms with Crippen molar-refractivity contribution in [1.82, 2.24) is 0 Å². The molecule has 3 nitrogen and oxygen atoms in total. The third kappa shape index (κ3) is 1.83. The summed E-state index contributed by atoms with van der Waals surface area (Å²) in [7, 11) is -1.82. The summed E-state index contributed by atoms with van der Waals surface area (Å²) in [6.07, 6.45) is 0. The van der Waals surface area contributed by atoms with Crippen LogP contribution in [0.2, 0.25) is 0 Å². The fourth-order valence-electron chi connectivity index (χ4n) is 1.03. The Morgan fingerprint density at radius 3 is 2.33 bits per heavy atom. The van der Waals surface area contributed by atoms with Crippen LogP contribution in [0.25, 0.3) is 0 Å². The Labute approximate surface area is 73.8 Å². The number of aryl methyl sites for hydroxylation is 1. The zero-order valence-electron chi connectivity index (χ0n) is 6.48. The summed E-state index contributed by atoms with van der Waals surface area (Å²) in [4.78, 5) is -0.0185. The van der Waals surface area contributed by atoms with Crippen LogP contribution in [-0.2, 0) is 10.1 Å². The van der Waals surface area contributed by atoms with Gasteiger partial charge in [0, 0.05) is 0 Å². The van der Waals surface area contributed by atoms with Crippen molar-refractivity contribution in [3.8, 4) is 0 Å². The second-order valence-electron chi connectivity index (χ2n) is 2.47. The first kappa shape index (κ1) is 9.65. The quantitative estimate of drug-likeness (QED) is 0.542. The van der Waals surface area contributed by atoms with Gasteiger partial charge >= 0.3 is 0 Å². The lowest BCUT2D eigenvalue weighted by atomic mass is 10.2. The van der Waals surface area contributed by atoms with Crippen LogP contribution in [0.3, 0.4) is 0 Å². The highest BCUT2D eigenvalue weighted by molar-refractivity contribution is 7.86. The van der Waals surface area contributed by atoms with Crippen molar-refractivity contribution in [3.05, 3.63) is 23.8 Å². The van der Waals surface area contributed by atoms with Gasteiger partial charge in [0.1, 0.15) is 4.90 Å². The highest BCUT2D eigenvalue weighted by Gasteiger charge is 2.14. The maximum atomic E-state index is 10.8. The Hall–Kier alpha value is -0.440. The van der Waals surface area contributed by atoms with Gasteiger partial charge in [0.15, 0.2) is 0 Å². The van der Waals surface area contributed by atoms with E-state index in [1.54, 1.807) is 25.1 Å². The lowest BCUT2D eigenvalue weighted by Crippen LogP contribution is -2.10. The van der Waals surface area contributed by atoms with Crippen molar-refractivity contribution >= 4 is 24.7 Å². The normalized spacial score (nSPS) is 11.6. The van der Waals surface area contributed by atoms with Crippen molar-refractivity contribution in [2.75, 3.05) is 0 Å². The van der Waals surface area contributed by atoms with Crippen molar-refractivity contribution in [2.24, 2.45) is 0 Å². The minimum atomic E-state index is -4.08. The maximum absolute atomic E-state index is 10.8. The van der Waals surface area contributed by atoms with Crippen molar-refractivity contribution < 1.29 is 13.0 Å². The minimum Gasteiger partial charge on any atom is -0.282 e. The first-order valence-electron chi connectivity index (χ1n) is 3.25. The van der Waals surface area contributed by atoms with Crippen LogP contribution in [0.1, 0.15) is 5.56 Å². The van der Waals surface area contributed by atoms with Crippen LogP contribution in [0.15, 0.2) is 23.1 Å². The lowest BCUT2D eigenvalue weighted by molar-refractivity contribution is 0.483. The molecule has 0 fully saturated rings. The fourth-order valence-corrected chi connectivity index (χ4v) is 2.65. The Bertz CT molecular complexity index is 377. The summed E-state index contributed by atoms with van der Waals surface area (Å²) < 4.78 is 30.4. The molecular weight excluding hydrogens is 195 g/mol. The summed E-state index contributed by atoms with van der Waals surface area (Å²) in [5.41, 5.74) is 0.546. The third-order valence-electron chi connectivity index (χ3n) is 1.50. The predicted molar refractivity (Wildman–Crippen MR) is 50.3 cm³/mol. The number of hydrogen-bond acceptors (Lipinski definition) is 2. The zero-order valence-corrected chi connectivity index (χ0v) is 8.45. The van der Waals surface area contributed by atoms with E-state index >= 15 is 0 Å². The molecule has 0 aliphatic heterocycles. The monoisotopic (exact) mass is 204 g/mol. The van der Waals surface area contributed by atoms with E-state index in [-0.39, 0.29) is 4.90 Å².